The van der Waals surface area contributed by atoms with Gasteiger partial charge in [-0.2, -0.15) is 13.2 Å². The van der Waals surface area contributed by atoms with Crippen molar-refractivity contribution >= 4 is 5.69 Å². The van der Waals surface area contributed by atoms with Crippen LogP contribution >= 0.6 is 0 Å². The Morgan fingerprint density at radius 2 is 1.27 bits per heavy atom. The van der Waals surface area contributed by atoms with E-state index in [0.29, 0.717) is 25.3 Å². The summed E-state index contributed by atoms with van der Waals surface area (Å²) in [5.74, 6) is 0. The highest BCUT2D eigenvalue weighted by Crippen LogP contribution is 2.45. The Hall–Kier alpha value is -4.03. The van der Waals surface area contributed by atoms with Gasteiger partial charge in [0.2, 0.25) is 0 Å². The summed E-state index contributed by atoms with van der Waals surface area (Å²) in [6.07, 6.45) is 1.80. The van der Waals surface area contributed by atoms with Gasteiger partial charge in [-0.25, -0.2) is 0 Å². The number of nitrogens with zero attached hydrogens (tertiary/aromatic N) is 2. The molecule has 0 amide bonds. The van der Waals surface area contributed by atoms with E-state index >= 15 is 0 Å². The normalized spacial score (nSPS) is 17.5. The summed E-state index contributed by atoms with van der Waals surface area (Å²) in [6, 6.07) is 35.2. The van der Waals surface area contributed by atoms with Crippen molar-refractivity contribution in [3.63, 3.8) is 0 Å². The predicted molar refractivity (Wildman–Crippen MR) is 152 cm³/mol. The van der Waals surface area contributed by atoms with E-state index in [4.69, 9.17) is 4.74 Å². The van der Waals surface area contributed by atoms with Crippen LogP contribution in [0.15, 0.2) is 122 Å². The Balaban J connectivity index is 1.44. The Bertz CT molecular complexity index is 1350. The summed E-state index contributed by atoms with van der Waals surface area (Å²) in [7, 11) is 0. The molecule has 6 rings (SSSR count). The Kier molecular flexibility index (Phi) is 7.11. The maximum Gasteiger partial charge on any atom is 0.416 e. The van der Waals surface area contributed by atoms with Crippen LogP contribution in [0.4, 0.5) is 18.9 Å². The first kappa shape index (κ1) is 26.2. The number of hydrogen-bond donors (Lipinski definition) is 0. The molecule has 1 atom stereocenters. The van der Waals surface area contributed by atoms with Gasteiger partial charge >= 0.3 is 6.18 Å². The molecule has 40 heavy (non-hydrogen) atoms. The number of alkyl halides is 3. The first-order chi connectivity index (χ1) is 19.5. The minimum absolute atomic E-state index is 0.0676. The molecule has 6 heteroatoms. The molecule has 0 aliphatic carbocycles. The standard InChI is InChI=1S/C34H31F3N2O/c35-34(36,37)30-18-19-32(26(23-30)24-31-17-10-22-40-31)38-20-21-39(25-38)33(27-11-4-1-5-12-27,28-13-6-2-7-14-28)29-15-8-3-9-16-29/h1-9,11-16,18-21,23,31H,10,17,22,24-25H2. The Labute approximate surface area is 233 Å². The zero-order valence-electron chi connectivity index (χ0n) is 22.1. The molecule has 204 valence electrons. The van der Waals surface area contributed by atoms with Crippen LogP contribution in [0.3, 0.4) is 0 Å². The Morgan fingerprint density at radius 3 is 1.77 bits per heavy atom. The van der Waals surface area contributed by atoms with Crippen LogP contribution in [0.25, 0.3) is 0 Å². The molecule has 2 heterocycles. The van der Waals surface area contributed by atoms with Crippen molar-refractivity contribution in [2.75, 3.05) is 18.2 Å². The van der Waals surface area contributed by atoms with Crippen molar-refractivity contribution in [1.82, 2.24) is 4.90 Å². The lowest BCUT2D eigenvalue weighted by molar-refractivity contribution is -0.137. The molecule has 4 aromatic rings. The molecule has 0 bridgehead atoms. The fourth-order valence-electron chi connectivity index (χ4n) is 6.09. The third-order valence-corrected chi connectivity index (χ3v) is 7.92. The smallest absolute Gasteiger partial charge is 0.378 e. The molecular formula is C34H31F3N2O. The first-order valence-electron chi connectivity index (χ1n) is 13.7. The van der Waals surface area contributed by atoms with Crippen molar-refractivity contribution in [3.8, 4) is 0 Å². The molecule has 0 aromatic heterocycles. The molecule has 2 aliphatic heterocycles. The van der Waals surface area contributed by atoms with Crippen LogP contribution in [-0.4, -0.2) is 24.3 Å². The van der Waals surface area contributed by atoms with Gasteiger partial charge < -0.3 is 14.5 Å². The molecule has 0 radical (unpaired) electrons. The van der Waals surface area contributed by atoms with Gasteiger partial charge in [0, 0.05) is 31.1 Å². The van der Waals surface area contributed by atoms with Gasteiger partial charge in [0.1, 0.15) is 5.54 Å². The lowest BCUT2D eigenvalue weighted by Crippen LogP contribution is -2.46. The monoisotopic (exact) mass is 540 g/mol. The number of rotatable bonds is 7. The fourth-order valence-corrected chi connectivity index (χ4v) is 6.09. The van der Waals surface area contributed by atoms with Gasteiger partial charge in [-0.3, -0.25) is 0 Å². The van der Waals surface area contributed by atoms with Crippen molar-refractivity contribution in [2.24, 2.45) is 0 Å². The maximum atomic E-state index is 13.7. The molecule has 2 aliphatic rings. The van der Waals surface area contributed by atoms with Gasteiger partial charge in [0.25, 0.3) is 0 Å². The van der Waals surface area contributed by atoms with Crippen LogP contribution in [-0.2, 0) is 22.9 Å². The summed E-state index contributed by atoms with van der Waals surface area (Å²) in [5.41, 5.74) is 3.44. The van der Waals surface area contributed by atoms with Crippen LogP contribution in [0, 0.1) is 0 Å². The van der Waals surface area contributed by atoms with Crippen LogP contribution < -0.4 is 4.90 Å². The van der Waals surface area contributed by atoms with Gasteiger partial charge in [0.15, 0.2) is 0 Å². The average molecular weight is 541 g/mol. The Morgan fingerprint density at radius 1 is 0.700 bits per heavy atom. The van der Waals surface area contributed by atoms with Crippen LogP contribution in [0.1, 0.15) is 40.7 Å². The number of anilines is 1. The summed E-state index contributed by atoms with van der Waals surface area (Å²) >= 11 is 0. The molecule has 1 fully saturated rings. The molecule has 3 nitrogen and oxygen atoms in total. The maximum absolute atomic E-state index is 13.7. The second kappa shape index (κ2) is 10.9. The van der Waals surface area contributed by atoms with E-state index in [1.54, 1.807) is 6.07 Å². The number of halogens is 3. The first-order valence-corrected chi connectivity index (χ1v) is 13.7. The molecule has 1 saturated heterocycles. The van der Waals surface area contributed by atoms with Crippen molar-refractivity contribution < 1.29 is 17.9 Å². The topological polar surface area (TPSA) is 15.7 Å². The van der Waals surface area contributed by atoms with E-state index in [9.17, 15) is 13.2 Å². The highest BCUT2D eigenvalue weighted by atomic mass is 19.4. The van der Waals surface area contributed by atoms with Gasteiger partial charge in [-0.1, -0.05) is 91.0 Å². The summed E-state index contributed by atoms with van der Waals surface area (Å²) in [4.78, 5) is 4.33. The number of hydrogen-bond acceptors (Lipinski definition) is 3. The lowest BCUT2D eigenvalue weighted by Gasteiger charge is -2.44. The second-order valence-electron chi connectivity index (χ2n) is 10.4. The van der Waals surface area contributed by atoms with Crippen molar-refractivity contribution in [3.05, 3.63) is 149 Å². The largest absolute Gasteiger partial charge is 0.416 e. The SMILES string of the molecule is FC(F)(F)c1ccc(N2C=CN(C(c3ccccc3)(c3ccccc3)c3ccccc3)C2)c(CC2CCCO2)c1. The molecule has 0 spiro atoms. The van der Waals surface area contributed by atoms with E-state index in [1.807, 2.05) is 65.7 Å². The summed E-state index contributed by atoms with van der Waals surface area (Å²) < 4.78 is 46.9. The highest BCUT2D eigenvalue weighted by molar-refractivity contribution is 5.60. The molecule has 0 saturated carbocycles. The summed E-state index contributed by atoms with van der Waals surface area (Å²) in [6.45, 7) is 1.12. The number of ether oxygens (including phenoxy) is 1. The fraction of sp³-hybridized carbons (Fsp3) is 0.235. The van der Waals surface area contributed by atoms with Crippen LogP contribution in [0.5, 0.6) is 0 Å². The molecule has 4 aromatic carbocycles. The third kappa shape index (κ3) is 4.88. The van der Waals surface area contributed by atoms with E-state index in [-0.39, 0.29) is 6.10 Å². The van der Waals surface area contributed by atoms with Gasteiger partial charge in [-0.05, 0) is 53.3 Å². The van der Waals surface area contributed by atoms with Gasteiger partial charge in [0.05, 0.1) is 18.3 Å². The van der Waals surface area contributed by atoms with E-state index in [2.05, 4.69) is 47.5 Å². The minimum atomic E-state index is -4.40. The average Bonchev–Trinajstić information content (AvgIpc) is 3.68. The van der Waals surface area contributed by atoms with Gasteiger partial charge in [-0.15, -0.1) is 0 Å². The van der Waals surface area contributed by atoms with E-state index in [0.717, 1.165) is 35.2 Å². The quantitative estimate of drug-likeness (QED) is 0.221. The summed E-state index contributed by atoms with van der Waals surface area (Å²) in [5, 5.41) is 0. The molecular weight excluding hydrogens is 509 g/mol. The molecule has 0 N–H and O–H groups in total. The van der Waals surface area contributed by atoms with Crippen molar-refractivity contribution in [1.29, 1.82) is 0 Å². The number of benzene rings is 4. The predicted octanol–water partition coefficient (Wildman–Crippen LogP) is 7.97. The van der Waals surface area contributed by atoms with Crippen molar-refractivity contribution in [2.45, 2.75) is 37.1 Å². The minimum Gasteiger partial charge on any atom is -0.378 e. The van der Waals surface area contributed by atoms with E-state index in [1.165, 1.54) is 12.1 Å². The molecule has 1 unspecified atom stereocenters. The second-order valence-corrected chi connectivity index (χ2v) is 10.4. The zero-order chi connectivity index (χ0) is 27.6. The zero-order valence-corrected chi connectivity index (χ0v) is 22.1. The van der Waals surface area contributed by atoms with Crippen LogP contribution in [0.2, 0.25) is 0 Å². The highest BCUT2D eigenvalue weighted by Gasteiger charge is 2.43. The lowest BCUT2D eigenvalue weighted by atomic mass is 9.76. The third-order valence-electron chi connectivity index (χ3n) is 7.92. The van der Waals surface area contributed by atoms with E-state index < -0.39 is 17.3 Å².